The number of amides is 1. The number of likely N-dealkylation sites (tertiary alicyclic amines) is 1. The highest BCUT2D eigenvalue weighted by atomic mass is 32.2. The Bertz CT molecular complexity index is 890. The highest BCUT2D eigenvalue weighted by Gasteiger charge is 2.28. The molecule has 0 aromatic heterocycles. The van der Waals surface area contributed by atoms with E-state index in [-0.39, 0.29) is 11.9 Å². The number of sulfonamides is 1. The first-order valence-electron chi connectivity index (χ1n) is 9.40. The lowest BCUT2D eigenvalue weighted by molar-refractivity contribution is -0.139. The quantitative estimate of drug-likeness (QED) is 0.806. The smallest absolute Gasteiger partial charge is 0.263 e. The van der Waals surface area contributed by atoms with Crippen molar-refractivity contribution in [3.05, 3.63) is 54.6 Å². The number of ether oxygens (including phenoxy) is 1. The van der Waals surface area contributed by atoms with Gasteiger partial charge in [0.05, 0.1) is 6.26 Å². The van der Waals surface area contributed by atoms with Gasteiger partial charge in [-0.15, -0.1) is 0 Å². The van der Waals surface area contributed by atoms with Crippen LogP contribution in [-0.4, -0.2) is 50.7 Å². The van der Waals surface area contributed by atoms with Gasteiger partial charge in [0.25, 0.3) is 5.91 Å². The number of nitrogens with zero attached hydrogens (tertiary/aromatic N) is 1. The lowest BCUT2D eigenvalue weighted by Crippen LogP contribution is -2.49. The molecular formula is C21H26N2O4S. The Balaban J connectivity index is 1.53. The number of hydrogen-bond donors (Lipinski definition) is 1. The van der Waals surface area contributed by atoms with Crippen LogP contribution in [0.5, 0.6) is 5.75 Å². The van der Waals surface area contributed by atoms with E-state index in [0.717, 1.165) is 17.4 Å². The SMILES string of the molecule is CC(Oc1ccc(-c2ccccc2)cc1)C(=O)N1CCC(NS(C)(=O)=O)CC1. The highest BCUT2D eigenvalue weighted by Crippen LogP contribution is 2.23. The molecular weight excluding hydrogens is 376 g/mol. The van der Waals surface area contributed by atoms with Gasteiger partial charge in [-0.25, -0.2) is 13.1 Å². The number of carbonyl (C=O) groups excluding carboxylic acids is 1. The molecule has 1 heterocycles. The molecule has 1 N–H and O–H groups in total. The standard InChI is InChI=1S/C21H26N2O4S/c1-16(21(24)23-14-12-19(13-15-23)22-28(2,25)26)27-20-10-8-18(9-11-20)17-6-4-3-5-7-17/h3-11,16,19,22H,12-15H2,1-2H3. The Morgan fingerprint density at radius 2 is 1.61 bits per heavy atom. The summed E-state index contributed by atoms with van der Waals surface area (Å²) in [6.07, 6.45) is 1.78. The lowest BCUT2D eigenvalue weighted by Gasteiger charge is -2.33. The summed E-state index contributed by atoms with van der Waals surface area (Å²) in [6.45, 7) is 2.79. The zero-order valence-electron chi connectivity index (χ0n) is 16.2. The molecule has 0 spiro atoms. The average Bonchev–Trinajstić information content (AvgIpc) is 2.68. The molecule has 2 aromatic rings. The second-order valence-corrected chi connectivity index (χ2v) is 8.92. The number of benzene rings is 2. The zero-order chi connectivity index (χ0) is 20.1. The Kier molecular flexibility index (Phi) is 6.36. The summed E-state index contributed by atoms with van der Waals surface area (Å²) in [4.78, 5) is 14.4. The summed E-state index contributed by atoms with van der Waals surface area (Å²) in [5.41, 5.74) is 2.22. The molecule has 1 amide bonds. The molecule has 1 fully saturated rings. The minimum absolute atomic E-state index is 0.0788. The van der Waals surface area contributed by atoms with Gasteiger partial charge >= 0.3 is 0 Å². The second-order valence-electron chi connectivity index (χ2n) is 7.14. The van der Waals surface area contributed by atoms with Crippen molar-refractivity contribution in [2.45, 2.75) is 31.9 Å². The predicted octanol–water partition coefficient (Wildman–Crippen LogP) is 2.66. The van der Waals surface area contributed by atoms with E-state index < -0.39 is 16.1 Å². The van der Waals surface area contributed by atoms with Crippen molar-refractivity contribution >= 4 is 15.9 Å². The van der Waals surface area contributed by atoms with Crippen LogP contribution in [0.25, 0.3) is 11.1 Å². The Hall–Kier alpha value is -2.38. The molecule has 3 rings (SSSR count). The number of carbonyl (C=O) groups is 1. The molecule has 1 unspecified atom stereocenters. The first-order chi connectivity index (χ1) is 13.3. The largest absolute Gasteiger partial charge is 0.481 e. The summed E-state index contributed by atoms with van der Waals surface area (Å²) in [5, 5.41) is 0. The van der Waals surface area contributed by atoms with E-state index in [0.29, 0.717) is 31.7 Å². The maximum atomic E-state index is 12.6. The third-order valence-corrected chi connectivity index (χ3v) is 5.57. The first-order valence-corrected chi connectivity index (χ1v) is 11.3. The molecule has 28 heavy (non-hydrogen) atoms. The van der Waals surface area contributed by atoms with E-state index in [9.17, 15) is 13.2 Å². The van der Waals surface area contributed by atoms with Gasteiger partial charge in [-0.05, 0) is 43.0 Å². The van der Waals surface area contributed by atoms with Crippen molar-refractivity contribution in [2.24, 2.45) is 0 Å². The summed E-state index contributed by atoms with van der Waals surface area (Å²) in [5.74, 6) is 0.569. The zero-order valence-corrected chi connectivity index (χ0v) is 17.0. The summed E-state index contributed by atoms with van der Waals surface area (Å²) < 4.78 is 31.1. The normalized spacial score (nSPS) is 16.6. The highest BCUT2D eigenvalue weighted by molar-refractivity contribution is 7.88. The first kappa shape index (κ1) is 20.4. The van der Waals surface area contributed by atoms with Gasteiger partial charge in [-0.3, -0.25) is 4.79 Å². The average molecular weight is 403 g/mol. The minimum atomic E-state index is -3.22. The summed E-state index contributed by atoms with van der Waals surface area (Å²) >= 11 is 0. The van der Waals surface area contributed by atoms with E-state index in [1.54, 1.807) is 11.8 Å². The van der Waals surface area contributed by atoms with Crippen molar-refractivity contribution in [1.29, 1.82) is 0 Å². The molecule has 6 nitrogen and oxygen atoms in total. The van der Waals surface area contributed by atoms with E-state index in [2.05, 4.69) is 4.72 Å². The summed E-state index contributed by atoms with van der Waals surface area (Å²) in [7, 11) is -3.22. The molecule has 1 aliphatic heterocycles. The number of rotatable bonds is 6. The van der Waals surface area contributed by atoms with Crippen molar-refractivity contribution in [1.82, 2.24) is 9.62 Å². The van der Waals surface area contributed by atoms with Crippen molar-refractivity contribution in [2.75, 3.05) is 19.3 Å². The molecule has 1 aliphatic rings. The fourth-order valence-electron chi connectivity index (χ4n) is 3.39. The third kappa shape index (κ3) is 5.56. The van der Waals surface area contributed by atoms with Crippen LogP contribution < -0.4 is 9.46 Å². The van der Waals surface area contributed by atoms with Crippen LogP contribution >= 0.6 is 0 Å². The fourth-order valence-corrected chi connectivity index (χ4v) is 4.23. The van der Waals surface area contributed by atoms with Crippen LogP contribution in [0.1, 0.15) is 19.8 Å². The van der Waals surface area contributed by atoms with Crippen molar-refractivity contribution in [3.8, 4) is 16.9 Å². The van der Waals surface area contributed by atoms with Gasteiger partial charge in [0.2, 0.25) is 10.0 Å². The van der Waals surface area contributed by atoms with Gasteiger partial charge in [-0.1, -0.05) is 42.5 Å². The van der Waals surface area contributed by atoms with Crippen LogP contribution in [0.4, 0.5) is 0 Å². The monoisotopic (exact) mass is 402 g/mol. The third-order valence-electron chi connectivity index (χ3n) is 4.81. The van der Waals surface area contributed by atoms with Crippen LogP contribution in [0.3, 0.4) is 0 Å². The Morgan fingerprint density at radius 1 is 1.04 bits per heavy atom. The maximum Gasteiger partial charge on any atom is 0.263 e. The van der Waals surface area contributed by atoms with E-state index in [1.165, 1.54) is 0 Å². The number of piperidine rings is 1. The molecule has 0 saturated carbocycles. The van der Waals surface area contributed by atoms with E-state index >= 15 is 0 Å². The Morgan fingerprint density at radius 3 is 2.18 bits per heavy atom. The lowest BCUT2D eigenvalue weighted by atomic mass is 10.1. The van der Waals surface area contributed by atoms with Gasteiger partial charge in [0.1, 0.15) is 5.75 Å². The van der Waals surface area contributed by atoms with Gasteiger partial charge < -0.3 is 9.64 Å². The molecule has 2 aromatic carbocycles. The molecule has 0 radical (unpaired) electrons. The van der Waals surface area contributed by atoms with Crippen molar-refractivity contribution < 1.29 is 17.9 Å². The van der Waals surface area contributed by atoms with Crippen LogP contribution in [0, 0.1) is 0 Å². The summed E-state index contributed by atoms with van der Waals surface area (Å²) in [6, 6.07) is 17.6. The second kappa shape index (κ2) is 8.75. The van der Waals surface area contributed by atoms with Gasteiger partial charge in [0, 0.05) is 19.1 Å². The van der Waals surface area contributed by atoms with Crippen LogP contribution in [-0.2, 0) is 14.8 Å². The van der Waals surface area contributed by atoms with E-state index in [4.69, 9.17) is 4.74 Å². The molecule has 1 saturated heterocycles. The fraction of sp³-hybridized carbons (Fsp3) is 0.381. The van der Waals surface area contributed by atoms with Crippen molar-refractivity contribution in [3.63, 3.8) is 0 Å². The molecule has 0 bridgehead atoms. The number of hydrogen-bond acceptors (Lipinski definition) is 4. The maximum absolute atomic E-state index is 12.6. The van der Waals surface area contributed by atoms with Gasteiger partial charge in [-0.2, -0.15) is 0 Å². The van der Waals surface area contributed by atoms with Gasteiger partial charge in [0.15, 0.2) is 6.10 Å². The van der Waals surface area contributed by atoms with E-state index in [1.807, 2.05) is 54.6 Å². The minimum Gasteiger partial charge on any atom is -0.481 e. The molecule has 150 valence electrons. The van der Waals surface area contributed by atoms with Crippen LogP contribution in [0.2, 0.25) is 0 Å². The Labute approximate surface area is 166 Å². The molecule has 0 aliphatic carbocycles. The number of nitrogens with one attached hydrogen (secondary N) is 1. The molecule has 7 heteroatoms. The predicted molar refractivity (Wildman–Crippen MR) is 110 cm³/mol. The molecule has 1 atom stereocenters. The van der Waals surface area contributed by atoms with Crippen LogP contribution in [0.15, 0.2) is 54.6 Å². The topological polar surface area (TPSA) is 75.7 Å².